The molecule has 4 rings (SSSR count). The predicted octanol–water partition coefficient (Wildman–Crippen LogP) is 2.20. The molecule has 0 saturated carbocycles. The van der Waals surface area contributed by atoms with Crippen LogP contribution < -0.4 is 0 Å². The average molecular weight is 357 g/mol. The number of hydrogen-bond donors (Lipinski definition) is 0. The highest BCUT2D eigenvalue weighted by Gasteiger charge is 2.39. The SMILES string of the molecule is Cc1cnc2c(S(=O)(=O)N3CCCC3c3nncn3C)cccc2c1. The minimum Gasteiger partial charge on any atom is -0.319 e. The zero-order valence-corrected chi connectivity index (χ0v) is 14.9. The summed E-state index contributed by atoms with van der Waals surface area (Å²) in [5.74, 6) is 0.671. The quantitative estimate of drug-likeness (QED) is 0.718. The Kier molecular flexibility index (Phi) is 3.81. The molecule has 0 N–H and O–H groups in total. The normalized spacial score (nSPS) is 18.9. The molecule has 2 aromatic heterocycles. The van der Waals surface area contributed by atoms with Crippen LogP contribution in [0.2, 0.25) is 0 Å². The maximum absolute atomic E-state index is 13.4. The Hall–Kier alpha value is -2.32. The van der Waals surface area contributed by atoms with E-state index in [1.54, 1.807) is 29.2 Å². The van der Waals surface area contributed by atoms with Crippen LogP contribution in [-0.4, -0.2) is 39.0 Å². The fourth-order valence-electron chi connectivity index (χ4n) is 3.46. The molecule has 1 aromatic carbocycles. The maximum Gasteiger partial charge on any atom is 0.245 e. The topological polar surface area (TPSA) is 81.0 Å². The van der Waals surface area contributed by atoms with Crippen molar-refractivity contribution in [2.75, 3.05) is 6.54 Å². The molecule has 8 heteroatoms. The summed E-state index contributed by atoms with van der Waals surface area (Å²) in [7, 11) is -1.85. The van der Waals surface area contributed by atoms with Crippen molar-refractivity contribution in [3.05, 3.63) is 48.2 Å². The fourth-order valence-corrected chi connectivity index (χ4v) is 5.28. The van der Waals surface area contributed by atoms with E-state index in [1.165, 1.54) is 4.31 Å². The lowest BCUT2D eigenvalue weighted by atomic mass is 10.2. The summed E-state index contributed by atoms with van der Waals surface area (Å²) in [5, 5.41) is 8.84. The van der Waals surface area contributed by atoms with Crippen molar-refractivity contribution in [2.24, 2.45) is 7.05 Å². The average Bonchev–Trinajstić information content (AvgIpc) is 3.22. The van der Waals surface area contributed by atoms with E-state index in [0.717, 1.165) is 23.8 Å². The highest BCUT2D eigenvalue weighted by molar-refractivity contribution is 7.89. The number of sulfonamides is 1. The van der Waals surface area contributed by atoms with Crippen LogP contribution in [0.25, 0.3) is 10.9 Å². The lowest BCUT2D eigenvalue weighted by molar-refractivity contribution is 0.377. The Morgan fingerprint density at radius 2 is 2.12 bits per heavy atom. The van der Waals surface area contributed by atoms with Crippen molar-refractivity contribution < 1.29 is 8.42 Å². The highest BCUT2D eigenvalue weighted by Crippen LogP contribution is 2.36. The minimum absolute atomic E-state index is 0.249. The first kappa shape index (κ1) is 16.2. The van der Waals surface area contributed by atoms with Gasteiger partial charge in [-0.2, -0.15) is 4.31 Å². The third-order valence-corrected chi connectivity index (χ3v) is 6.59. The summed E-state index contributed by atoms with van der Waals surface area (Å²) in [5.41, 5.74) is 1.51. The van der Waals surface area contributed by atoms with E-state index in [2.05, 4.69) is 15.2 Å². The van der Waals surface area contributed by atoms with Gasteiger partial charge in [-0.1, -0.05) is 12.1 Å². The van der Waals surface area contributed by atoms with E-state index in [4.69, 9.17) is 0 Å². The van der Waals surface area contributed by atoms with Crippen molar-refractivity contribution in [3.63, 3.8) is 0 Å². The second kappa shape index (κ2) is 5.89. The molecule has 0 bridgehead atoms. The minimum atomic E-state index is -3.68. The van der Waals surface area contributed by atoms with Crippen LogP contribution in [0.5, 0.6) is 0 Å². The number of hydrogen-bond acceptors (Lipinski definition) is 5. The van der Waals surface area contributed by atoms with Crippen molar-refractivity contribution in [2.45, 2.75) is 30.7 Å². The van der Waals surface area contributed by atoms with Gasteiger partial charge in [-0.05, 0) is 37.5 Å². The number of rotatable bonds is 3. The van der Waals surface area contributed by atoms with Crippen LogP contribution in [0.3, 0.4) is 0 Å². The van der Waals surface area contributed by atoms with Gasteiger partial charge in [0.15, 0.2) is 5.82 Å². The van der Waals surface area contributed by atoms with Gasteiger partial charge < -0.3 is 4.57 Å². The number of nitrogens with zero attached hydrogens (tertiary/aromatic N) is 5. The van der Waals surface area contributed by atoms with Crippen LogP contribution in [0.4, 0.5) is 0 Å². The first-order valence-corrected chi connectivity index (χ1v) is 9.63. The van der Waals surface area contributed by atoms with Gasteiger partial charge >= 0.3 is 0 Å². The first-order valence-electron chi connectivity index (χ1n) is 8.19. The van der Waals surface area contributed by atoms with Crippen LogP contribution in [-0.2, 0) is 17.1 Å². The number of para-hydroxylation sites is 1. The van der Waals surface area contributed by atoms with Crippen LogP contribution >= 0.6 is 0 Å². The molecule has 1 saturated heterocycles. The molecule has 0 radical (unpaired) electrons. The second-order valence-electron chi connectivity index (χ2n) is 6.41. The first-order chi connectivity index (χ1) is 12.0. The third kappa shape index (κ3) is 2.61. The van der Waals surface area contributed by atoms with Crippen molar-refractivity contribution in [1.29, 1.82) is 0 Å². The number of pyridine rings is 1. The van der Waals surface area contributed by atoms with E-state index < -0.39 is 10.0 Å². The maximum atomic E-state index is 13.4. The van der Waals surface area contributed by atoms with Gasteiger partial charge in [-0.25, -0.2) is 8.42 Å². The molecule has 130 valence electrons. The van der Waals surface area contributed by atoms with E-state index in [1.807, 2.05) is 26.1 Å². The van der Waals surface area contributed by atoms with Crippen molar-refractivity contribution in [3.8, 4) is 0 Å². The summed E-state index contributed by atoms with van der Waals surface area (Å²) in [6, 6.07) is 6.94. The van der Waals surface area contributed by atoms with Gasteiger partial charge in [-0.3, -0.25) is 4.98 Å². The molecule has 1 fully saturated rings. The molecule has 1 atom stereocenters. The number of aromatic nitrogens is 4. The standard InChI is InChI=1S/C17H19N5O2S/c1-12-9-13-5-3-7-15(16(13)18-10-12)25(23,24)22-8-4-6-14(22)17-20-19-11-21(17)2/h3,5,7,9-11,14H,4,6,8H2,1-2H3. The molecule has 1 unspecified atom stereocenters. The molecule has 0 spiro atoms. The molecule has 1 aliphatic rings. The summed E-state index contributed by atoms with van der Waals surface area (Å²) in [4.78, 5) is 4.63. The van der Waals surface area contributed by atoms with Crippen LogP contribution in [0, 0.1) is 6.92 Å². The second-order valence-corrected chi connectivity index (χ2v) is 8.27. The Morgan fingerprint density at radius 3 is 2.88 bits per heavy atom. The summed E-state index contributed by atoms with van der Waals surface area (Å²) in [6.45, 7) is 2.42. The molecule has 7 nitrogen and oxygen atoms in total. The molecule has 1 aliphatic heterocycles. The summed E-state index contributed by atoms with van der Waals surface area (Å²) in [6.07, 6.45) is 4.84. The molecule has 0 amide bonds. The lowest BCUT2D eigenvalue weighted by Gasteiger charge is -2.23. The Balaban J connectivity index is 1.83. The number of fused-ring (bicyclic) bond motifs is 1. The molecule has 3 aromatic rings. The van der Waals surface area contributed by atoms with Gasteiger partial charge in [-0.15, -0.1) is 10.2 Å². The van der Waals surface area contributed by atoms with E-state index in [9.17, 15) is 8.42 Å². The molecular formula is C17H19N5O2S. The predicted molar refractivity (Wildman–Crippen MR) is 93.3 cm³/mol. The Morgan fingerprint density at radius 1 is 1.28 bits per heavy atom. The number of benzene rings is 1. The van der Waals surface area contributed by atoms with Crippen LogP contribution in [0.1, 0.15) is 30.3 Å². The van der Waals surface area contributed by atoms with E-state index in [-0.39, 0.29) is 10.9 Å². The highest BCUT2D eigenvalue weighted by atomic mass is 32.2. The van der Waals surface area contributed by atoms with Crippen LogP contribution in [0.15, 0.2) is 41.7 Å². The lowest BCUT2D eigenvalue weighted by Crippen LogP contribution is -2.32. The fraction of sp³-hybridized carbons (Fsp3) is 0.353. The molecular weight excluding hydrogens is 338 g/mol. The van der Waals surface area contributed by atoms with E-state index in [0.29, 0.717) is 17.9 Å². The zero-order chi connectivity index (χ0) is 17.6. The Labute approximate surface area is 146 Å². The van der Waals surface area contributed by atoms with Gasteiger partial charge in [0.2, 0.25) is 10.0 Å². The van der Waals surface area contributed by atoms with Gasteiger partial charge in [0.05, 0.1) is 11.6 Å². The zero-order valence-electron chi connectivity index (χ0n) is 14.1. The summed E-state index contributed by atoms with van der Waals surface area (Å²) < 4.78 is 30.1. The van der Waals surface area contributed by atoms with Gasteiger partial charge in [0.1, 0.15) is 11.2 Å². The van der Waals surface area contributed by atoms with Crippen molar-refractivity contribution in [1.82, 2.24) is 24.1 Å². The molecule has 25 heavy (non-hydrogen) atoms. The Bertz CT molecular complexity index is 1040. The smallest absolute Gasteiger partial charge is 0.245 e. The number of aryl methyl sites for hydroxylation is 2. The van der Waals surface area contributed by atoms with E-state index >= 15 is 0 Å². The van der Waals surface area contributed by atoms with Gasteiger partial charge in [0, 0.05) is 25.2 Å². The monoisotopic (exact) mass is 357 g/mol. The third-order valence-electron chi connectivity index (χ3n) is 4.65. The molecule has 3 heterocycles. The largest absolute Gasteiger partial charge is 0.319 e. The van der Waals surface area contributed by atoms with Crippen molar-refractivity contribution >= 4 is 20.9 Å². The van der Waals surface area contributed by atoms with Gasteiger partial charge in [0.25, 0.3) is 0 Å². The molecule has 0 aliphatic carbocycles. The summed E-state index contributed by atoms with van der Waals surface area (Å²) >= 11 is 0.